The number of nitrogens with zero attached hydrogens (tertiary/aromatic N) is 2. The maximum absolute atomic E-state index is 11.7. The highest BCUT2D eigenvalue weighted by atomic mass is 16.1. The zero-order valence-electron chi connectivity index (χ0n) is 8.95. The van der Waals surface area contributed by atoms with Crippen LogP contribution in [0.4, 0.5) is 0 Å². The summed E-state index contributed by atoms with van der Waals surface area (Å²) in [6.07, 6.45) is 2.10. The van der Waals surface area contributed by atoms with Crippen molar-refractivity contribution in [2.24, 2.45) is 13.0 Å². The second-order valence-electron chi connectivity index (χ2n) is 4.37. The second kappa shape index (κ2) is 3.23. The van der Waals surface area contributed by atoms with Crippen LogP contribution in [0.15, 0.2) is 6.07 Å². The monoisotopic (exact) mass is 192 g/mol. The standard InChI is InChI=1S/C11H16N2O/c1-7(2)10-6-9(12-13(10)3)11(14)8-4-5-8/h6-8H,4-5H2,1-3H3. The van der Waals surface area contributed by atoms with Crippen LogP contribution >= 0.6 is 0 Å². The second-order valence-corrected chi connectivity index (χ2v) is 4.37. The Balaban J connectivity index is 2.26. The quantitative estimate of drug-likeness (QED) is 0.688. The van der Waals surface area contributed by atoms with Gasteiger partial charge < -0.3 is 0 Å². The van der Waals surface area contributed by atoms with Crippen LogP contribution in [0.3, 0.4) is 0 Å². The van der Waals surface area contributed by atoms with Gasteiger partial charge in [0.25, 0.3) is 0 Å². The molecule has 0 N–H and O–H groups in total. The molecule has 0 atom stereocenters. The maximum Gasteiger partial charge on any atom is 0.186 e. The van der Waals surface area contributed by atoms with Gasteiger partial charge in [-0.1, -0.05) is 13.8 Å². The SMILES string of the molecule is CC(C)c1cc(C(=O)C2CC2)nn1C. The van der Waals surface area contributed by atoms with Crippen molar-refractivity contribution >= 4 is 5.78 Å². The largest absolute Gasteiger partial charge is 0.292 e. The first-order valence-corrected chi connectivity index (χ1v) is 5.17. The third-order valence-electron chi connectivity index (χ3n) is 2.71. The fourth-order valence-corrected chi connectivity index (χ4v) is 1.70. The molecule has 0 radical (unpaired) electrons. The van der Waals surface area contributed by atoms with Crippen LogP contribution in [0.5, 0.6) is 0 Å². The first-order valence-electron chi connectivity index (χ1n) is 5.17. The predicted octanol–water partition coefficient (Wildman–Crippen LogP) is 2.14. The van der Waals surface area contributed by atoms with E-state index in [1.165, 1.54) is 0 Å². The average Bonchev–Trinajstić information content (AvgIpc) is 2.88. The van der Waals surface area contributed by atoms with Crippen LogP contribution in [-0.4, -0.2) is 15.6 Å². The zero-order valence-corrected chi connectivity index (χ0v) is 8.95. The summed E-state index contributed by atoms with van der Waals surface area (Å²) < 4.78 is 1.82. The highest BCUT2D eigenvalue weighted by molar-refractivity contribution is 5.97. The zero-order chi connectivity index (χ0) is 10.3. The van der Waals surface area contributed by atoms with Crippen molar-refractivity contribution in [3.8, 4) is 0 Å². The fourth-order valence-electron chi connectivity index (χ4n) is 1.70. The molecule has 1 aromatic heterocycles. The Bertz CT molecular complexity index is 361. The van der Waals surface area contributed by atoms with Crippen molar-refractivity contribution in [1.29, 1.82) is 0 Å². The van der Waals surface area contributed by atoms with Crippen LogP contribution in [0.25, 0.3) is 0 Å². The van der Waals surface area contributed by atoms with E-state index in [4.69, 9.17) is 0 Å². The van der Waals surface area contributed by atoms with E-state index >= 15 is 0 Å². The number of hydrogen-bond acceptors (Lipinski definition) is 2. The van der Waals surface area contributed by atoms with Crippen LogP contribution in [0, 0.1) is 5.92 Å². The van der Waals surface area contributed by atoms with E-state index in [0.29, 0.717) is 11.6 Å². The summed E-state index contributed by atoms with van der Waals surface area (Å²) in [7, 11) is 1.90. The summed E-state index contributed by atoms with van der Waals surface area (Å²) >= 11 is 0. The number of ketones is 1. The Morgan fingerprint density at radius 2 is 2.21 bits per heavy atom. The van der Waals surface area contributed by atoms with Gasteiger partial charge in [0.15, 0.2) is 5.78 Å². The Morgan fingerprint density at radius 1 is 1.57 bits per heavy atom. The Morgan fingerprint density at radius 3 is 2.64 bits per heavy atom. The lowest BCUT2D eigenvalue weighted by Crippen LogP contribution is -2.03. The summed E-state index contributed by atoms with van der Waals surface area (Å²) in [5, 5.41) is 4.26. The average molecular weight is 192 g/mol. The maximum atomic E-state index is 11.7. The van der Waals surface area contributed by atoms with Crippen molar-refractivity contribution < 1.29 is 4.79 Å². The van der Waals surface area contributed by atoms with E-state index in [-0.39, 0.29) is 11.7 Å². The van der Waals surface area contributed by atoms with Crippen molar-refractivity contribution in [3.63, 3.8) is 0 Å². The fraction of sp³-hybridized carbons (Fsp3) is 0.636. The molecule has 2 rings (SSSR count). The molecule has 1 heterocycles. The number of hydrogen-bond donors (Lipinski definition) is 0. The van der Waals surface area contributed by atoms with E-state index < -0.39 is 0 Å². The van der Waals surface area contributed by atoms with Crippen LogP contribution < -0.4 is 0 Å². The van der Waals surface area contributed by atoms with Gasteiger partial charge in [0.2, 0.25) is 0 Å². The molecule has 3 heteroatoms. The lowest BCUT2D eigenvalue weighted by atomic mass is 10.1. The van der Waals surface area contributed by atoms with Gasteiger partial charge in [-0.05, 0) is 24.8 Å². The van der Waals surface area contributed by atoms with Gasteiger partial charge in [-0.25, -0.2) is 0 Å². The highest BCUT2D eigenvalue weighted by Gasteiger charge is 2.32. The van der Waals surface area contributed by atoms with Gasteiger partial charge in [0.05, 0.1) is 0 Å². The number of aryl methyl sites for hydroxylation is 1. The molecule has 0 bridgehead atoms. The molecule has 14 heavy (non-hydrogen) atoms. The summed E-state index contributed by atoms with van der Waals surface area (Å²) in [5.74, 6) is 0.922. The van der Waals surface area contributed by atoms with Gasteiger partial charge in [0.1, 0.15) is 5.69 Å². The topological polar surface area (TPSA) is 34.9 Å². The minimum Gasteiger partial charge on any atom is -0.292 e. The number of Topliss-reactive ketones (excluding diaryl/α,β-unsaturated/α-hetero) is 1. The Hall–Kier alpha value is -1.12. The molecule has 76 valence electrons. The van der Waals surface area contributed by atoms with Gasteiger partial charge in [0, 0.05) is 18.7 Å². The van der Waals surface area contributed by atoms with Gasteiger partial charge >= 0.3 is 0 Å². The molecule has 1 aliphatic rings. The summed E-state index contributed by atoms with van der Waals surface area (Å²) in [6, 6.07) is 1.94. The van der Waals surface area contributed by atoms with E-state index in [0.717, 1.165) is 18.5 Å². The van der Waals surface area contributed by atoms with E-state index in [2.05, 4.69) is 18.9 Å². The number of carbonyl (C=O) groups excluding carboxylic acids is 1. The molecule has 0 saturated heterocycles. The minimum atomic E-state index is 0.229. The first-order chi connectivity index (χ1) is 6.59. The molecule has 1 aromatic rings. The van der Waals surface area contributed by atoms with Gasteiger partial charge in [-0.2, -0.15) is 5.10 Å². The molecule has 3 nitrogen and oxygen atoms in total. The molecular weight excluding hydrogens is 176 g/mol. The molecule has 0 unspecified atom stereocenters. The van der Waals surface area contributed by atoms with Crippen molar-refractivity contribution in [3.05, 3.63) is 17.5 Å². The summed E-state index contributed by atoms with van der Waals surface area (Å²) in [5.41, 5.74) is 1.78. The molecule has 0 amide bonds. The first kappa shape index (κ1) is 9.44. The molecule has 0 aromatic carbocycles. The highest BCUT2D eigenvalue weighted by Crippen LogP contribution is 2.32. The number of carbonyl (C=O) groups is 1. The van der Waals surface area contributed by atoms with E-state index in [1.54, 1.807) is 0 Å². The number of aromatic nitrogens is 2. The third-order valence-corrected chi connectivity index (χ3v) is 2.71. The summed E-state index contributed by atoms with van der Waals surface area (Å²) in [4.78, 5) is 11.7. The molecule has 0 spiro atoms. The Kier molecular flexibility index (Phi) is 2.17. The smallest absolute Gasteiger partial charge is 0.186 e. The van der Waals surface area contributed by atoms with Crippen LogP contribution in [0.2, 0.25) is 0 Å². The normalized spacial score (nSPS) is 16.3. The van der Waals surface area contributed by atoms with Gasteiger partial charge in [-0.3, -0.25) is 9.48 Å². The summed E-state index contributed by atoms with van der Waals surface area (Å²) in [6.45, 7) is 4.23. The molecule has 0 aliphatic heterocycles. The Labute approximate surface area is 84.1 Å². The van der Waals surface area contributed by atoms with Crippen molar-refractivity contribution in [2.45, 2.75) is 32.6 Å². The molecule has 1 fully saturated rings. The third kappa shape index (κ3) is 1.59. The van der Waals surface area contributed by atoms with Gasteiger partial charge in [-0.15, -0.1) is 0 Å². The predicted molar refractivity (Wildman–Crippen MR) is 54.4 cm³/mol. The van der Waals surface area contributed by atoms with E-state index in [9.17, 15) is 4.79 Å². The number of rotatable bonds is 3. The van der Waals surface area contributed by atoms with Crippen molar-refractivity contribution in [2.75, 3.05) is 0 Å². The molecule has 1 saturated carbocycles. The molecule has 1 aliphatic carbocycles. The van der Waals surface area contributed by atoms with Crippen LogP contribution in [-0.2, 0) is 7.05 Å². The minimum absolute atomic E-state index is 0.229. The lowest BCUT2D eigenvalue weighted by molar-refractivity contribution is 0.0962. The molecular formula is C11H16N2O. The van der Waals surface area contributed by atoms with E-state index in [1.807, 2.05) is 17.8 Å². The van der Waals surface area contributed by atoms with Crippen LogP contribution in [0.1, 0.15) is 48.8 Å². The lowest BCUT2D eigenvalue weighted by Gasteiger charge is -2.02. The van der Waals surface area contributed by atoms with Crippen molar-refractivity contribution in [1.82, 2.24) is 9.78 Å².